The van der Waals surface area contributed by atoms with Gasteiger partial charge in [0.1, 0.15) is 11.1 Å². The molecule has 25 heavy (non-hydrogen) atoms. The summed E-state index contributed by atoms with van der Waals surface area (Å²) >= 11 is 4.92. The van der Waals surface area contributed by atoms with Gasteiger partial charge in [0.2, 0.25) is 0 Å². The summed E-state index contributed by atoms with van der Waals surface area (Å²) < 4.78 is 1.03. The van der Waals surface area contributed by atoms with Crippen molar-refractivity contribution in [2.24, 2.45) is 0 Å². The standard InChI is InChI=1S/C20H16BrN3S/c1-24(2)18-9-3-14(4-10-18)11-16(12-22)20-23-19(13-25-20)15-5-7-17(21)8-6-15/h3-11,13H,1-2H3/b16-11+. The number of hydrogen-bond acceptors (Lipinski definition) is 4. The normalized spacial score (nSPS) is 11.2. The van der Waals surface area contributed by atoms with Gasteiger partial charge < -0.3 is 4.90 Å². The van der Waals surface area contributed by atoms with E-state index in [4.69, 9.17) is 0 Å². The minimum absolute atomic E-state index is 0.575. The minimum atomic E-state index is 0.575. The second-order valence-electron chi connectivity index (χ2n) is 5.70. The van der Waals surface area contributed by atoms with Crippen LogP contribution in [0.1, 0.15) is 10.6 Å². The van der Waals surface area contributed by atoms with Crippen molar-refractivity contribution in [3.63, 3.8) is 0 Å². The molecule has 2 aromatic carbocycles. The molecule has 3 aromatic rings. The van der Waals surface area contributed by atoms with Crippen molar-refractivity contribution >= 4 is 44.6 Å². The highest BCUT2D eigenvalue weighted by atomic mass is 79.9. The smallest absolute Gasteiger partial charge is 0.134 e. The number of aromatic nitrogens is 1. The molecule has 0 unspecified atom stereocenters. The van der Waals surface area contributed by atoms with Gasteiger partial charge in [-0.2, -0.15) is 5.26 Å². The summed E-state index contributed by atoms with van der Waals surface area (Å²) in [4.78, 5) is 6.67. The Morgan fingerprint density at radius 1 is 1.12 bits per heavy atom. The third-order valence-corrected chi connectivity index (χ3v) is 5.12. The fourth-order valence-electron chi connectivity index (χ4n) is 2.33. The van der Waals surface area contributed by atoms with Crippen molar-refractivity contribution in [1.29, 1.82) is 5.26 Å². The lowest BCUT2D eigenvalue weighted by molar-refractivity contribution is 1.13. The first-order chi connectivity index (χ1) is 12.1. The Morgan fingerprint density at radius 2 is 1.80 bits per heavy atom. The van der Waals surface area contributed by atoms with Gasteiger partial charge in [0.15, 0.2) is 0 Å². The maximum absolute atomic E-state index is 9.53. The molecule has 0 atom stereocenters. The molecular formula is C20H16BrN3S. The van der Waals surface area contributed by atoms with Gasteiger partial charge in [-0.1, -0.05) is 40.2 Å². The predicted octanol–water partition coefficient (Wildman–Crippen LogP) is 5.70. The maximum Gasteiger partial charge on any atom is 0.134 e. The van der Waals surface area contributed by atoms with Gasteiger partial charge in [-0.25, -0.2) is 4.98 Å². The van der Waals surface area contributed by atoms with Gasteiger partial charge in [0, 0.05) is 35.2 Å². The van der Waals surface area contributed by atoms with Crippen LogP contribution < -0.4 is 4.90 Å². The van der Waals surface area contributed by atoms with Crippen LogP contribution in [0.5, 0.6) is 0 Å². The zero-order valence-corrected chi connectivity index (χ0v) is 16.3. The van der Waals surface area contributed by atoms with E-state index < -0.39 is 0 Å². The van der Waals surface area contributed by atoms with Crippen molar-refractivity contribution in [2.75, 3.05) is 19.0 Å². The predicted molar refractivity (Wildman–Crippen MR) is 110 cm³/mol. The summed E-state index contributed by atoms with van der Waals surface area (Å²) in [6, 6.07) is 18.4. The molecule has 124 valence electrons. The lowest BCUT2D eigenvalue weighted by atomic mass is 10.1. The minimum Gasteiger partial charge on any atom is -0.378 e. The Hall–Kier alpha value is -2.42. The van der Waals surface area contributed by atoms with Crippen LogP contribution in [-0.2, 0) is 0 Å². The van der Waals surface area contributed by atoms with Crippen molar-refractivity contribution in [2.45, 2.75) is 0 Å². The molecule has 0 saturated carbocycles. The summed E-state index contributed by atoms with van der Waals surface area (Å²) in [5.74, 6) is 0. The summed E-state index contributed by atoms with van der Waals surface area (Å²) in [7, 11) is 4.01. The number of thiazole rings is 1. The zero-order chi connectivity index (χ0) is 17.8. The van der Waals surface area contributed by atoms with Gasteiger partial charge in [-0.15, -0.1) is 11.3 Å². The fourth-order valence-corrected chi connectivity index (χ4v) is 3.39. The van der Waals surface area contributed by atoms with E-state index in [-0.39, 0.29) is 0 Å². The average Bonchev–Trinajstić information content (AvgIpc) is 3.10. The van der Waals surface area contributed by atoms with Crippen LogP contribution in [0.25, 0.3) is 22.9 Å². The topological polar surface area (TPSA) is 39.9 Å². The lowest BCUT2D eigenvalue weighted by Gasteiger charge is -2.11. The van der Waals surface area contributed by atoms with E-state index in [2.05, 4.69) is 27.0 Å². The second-order valence-corrected chi connectivity index (χ2v) is 7.47. The molecule has 0 saturated heterocycles. The Labute approximate surface area is 160 Å². The van der Waals surface area contributed by atoms with Crippen LogP contribution in [0, 0.1) is 11.3 Å². The van der Waals surface area contributed by atoms with Crippen LogP contribution in [-0.4, -0.2) is 19.1 Å². The monoisotopic (exact) mass is 409 g/mol. The summed E-state index contributed by atoms with van der Waals surface area (Å²) in [6.07, 6.45) is 1.88. The van der Waals surface area contributed by atoms with Crippen LogP contribution in [0.2, 0.25) is 0 Å². The van der Waals surface area contributed by atoms with Crippen LogP contribution >= 0.6 is 27.3 Å². The van der Waals surface area contributed by atoms with E-state index in [1.54, 1.807) is 0 Å². The molecule has 0 aliphatic carbocycles. The average molecular weight is 410 g/mol. The molecular weight excluding hydrogens is 394 g/mol. The highest BCUT2D eigenvalue weighted by Crippen LogP contribution is 2.28. The van der Waals surface area contributed by atoms with Crippen molar-refractivity contribution in [1.82, 2.24) is 4.98 Å². The molecule has 0 N–H and O–H groups in total. The molecule has 1 aromatic heterocycles. The SMILES string of the molecule is CN(C)c1ccc(/C=C(\C#N)c2nc(-c3ccc(Br)cc3)cs2)cc1. The molecule has 0 fully saturated rings. The summed E-state index contributed by atoms with van der Waals surface area (Å²) in [5, 5.41) is 12.3. The largest absolute Gasteiger partial charge is 0.378 e. The van der Waals surface area contributed by atoms with E-state index >= 15 is 0 Å². The lowest BCUT2D eigenvalue weighted by Crippen LogP contribution is -2.07. The first kappa shape index (κ1) is 17.4. The van der Waals surface area contributed by atoms with Gasteiger partial charge in [-0.3, -0.25) is 0 Å². The van der Waals surface area contributed by atoms with Crippen LogP contribution in [0.3, 0.4) is 0 Å². The molecule has 5 heteroatoms. The molecule has 3 rings (SSSR count). The number of anilines is 1. The van der Waals surface area contributed by atoms with Crippen molar-refractivity contribution in [3.8, 4) is 17.3 Å². The number of benzene rings is 2. The molecule has 0 aliphatic rings. The number of halogens is 1. The maximum atomic E-state index is 9.53. The molecule has 1 heterocycles. The Morgan fingerprint density at radius 3 is 2.40 bits per heavy atom. The highest BCUT2D eigenvalue weighted by Gasteiger charge is 2.09. The second kappa shape index (κ2) is 7.64. The molecule has 0 spiro atoms. The number of nitrogens with zero attached hydrogens (tertiary/aromatic N) is 3. The Bertz CT molecular complexity index is 932. The first-order valence-electron chi connectivity index (χ1n) is 7.68. The third-order valence-electron chi connectivity index (χ3n) is 3.72. The molecule has 0 bridgehead atoms. The quantitative estimate of drug-likeness (QED) is 0.518. The van der Waals surface area contributed by atoms with Crippen molar-refractivity contribution < 1.29 is 0 Å². The Kier molecular flexibility index (Phi) is 5.32. The van der Waals surface area contributed by atoms with Gasteiger partial charge >= 0.3 is 0 Å². The fraction of sp³-hybridized carbons (Fsp3) is 0.100. The van der Waals surface area contributed by atoms with Crippen LogP contribution in [0.4, 0.5) is 5.69 Å². The van der Waals surface area contributed by atoms with E-state index in [1.807, 2.05) is 79.0 Å². The number of allylic oxidation sites excluding steroid dienone is 1. The van der Waals surface area contributed by atoms with Crippen LogP contribution in [0.15, 0.2) is 58.4 Å². The van der Waals surface area contributed by atoms with Gasteiger partial charge in [0.05, 0.1) is 11.3 Å². The van der Waals surface area contributed by atoms with E-state index in [0.29, 0.717) is 5.57 Å². The zero-order valence-electron chi connectivity index (χ0n) is 13.9. The molecule has 0 radical (unpaired) electrons. The number of nitriles is 1. The van der Waals surface area contributed by atoms with Crippen molar-refractivity contribution in [3.05, 3.63) is 69.0 Å². The number of rotatable bonds is 4. The van der Waals surface area contributed by atoms with E-state index in [0.717, 1.165) is 32.0 Å². The molecule has 0 aliphatic heterocycles. The highest BCUT2D eigenvalue weighted by molar-refractivity contribution is 9.10. The van der Waals surface area contributed by atoms with Gasteiger partial charge in [0.25, 0.3) is 0 Å². The molecule has 0 amide bonds. The Balaban J connectivity index is 1.88. The molecule has 3 nitrogen and oxygen atoms in total. The third kappa shape index (κ3) is 4.16. The summed E-state index contributed by atoms with van der Waals surface area (Å²) in [6.45, 7) is 0. The number of hydrogen-bond donors (Lipinski definition) is 0. The first-order valence-corrected chi connectivity index (χ1v) is 9.35. The van der Waals surface area contributed by atoms with E-state index in [1.165, 1.54) is 11.3 Å². The summed E-state index contributed by atoms with van der Waals surface area (Å²) in [5.41, 5.74) is 4.62. The van der Waals surface area contributed by atoms with E-state index in [9.17, 15) is 5.26 Å². The van der Waals surface area contributed by atoms with Gasteiger partial charge in [-0.05, 0) is 35.9 Å².